The van der Waals surface area contributed by atoms with Crippen molar-refractivity contribution in [1.29, 1.82) is 0 Å². The zero-order valence-corrected chi connectivity index (χ0v) is 14.8. The minimum Gasteiger partial charge on any atom is -0.496 e. The molecule has 0 amide bonds. The van der Waals surface area contributed by atoms with Crippen molar-refractivity contribution in [3.63, 3.8) is 0 Å². The zero-order chi connectivity index (χ0) is 17.2. The summed E-state index contributed by atoms with van der Waals surface area (Å²) >= 11 is 0. The van der Waals surface area contributed by atoms with Crippen LogP contribution >= 0.6 is 0 Å². The number of aromatic nitrogens is 2. The first-order valence-corrected chi connectivity index (χ1v) is 9.90. The second-order valence-corrected chi connectivity index (χ2v) is 8.49. The summed E-state index contributed by atoms with van der Waals surface area (Å²) in [5.41, 5.74) is 2.16. The fourth-order valence-corrected chi connectivity index (χ4v) is 4.82. The summed E-state index contributed by atoms with van der Waals surface area (Å²) in [6.45, 7) is 2.69. The molecule has 0 radical (unpaired) electrons. The van der Waals surface area contributed by atoms with E-state index in [4.69, 9.17) is 4.74 Å². The van der Waals surface area contributed by atoms with Crippen LogP contribution in [0.1, 0.15) is 30.5 Å². The van der Waals surface area contributed by atoms with E-state index in [2.05, 4.69) is 23.4 Å². The summed E-state index contributed by atoms with van der Waals surface area (Å²) in [5, 5.41) is 7.67. The molecule has 0 saturated carbocycles. The summed E-state index contributed by atoms with van der Waals surface area (Å²) in [6.07, 6.45) is 4.35. The molecular formula is C17H23N3O3S. The van der Waals surface area contributed by atoms with Gasteiger partial charge >= 0.3 is 0 Å². The highest BCUT2D eigenvalue weighted by atomic mass is 32.2. The molecule has 0 spiro atoms. The van der Waals surface area contributed by atoms with Crippen molar-refractivity contribution in [3.05, 3.63) is 47.8 Å². The van der Waals surface area contributed by atoms with Gasteiger partial charge in [-0.25, -0.2) is 8.42 Å². The first kappa shape index (κ1) is 17.0. The van der Waals surface area contributed by atoms with Crippen LogP contribution in [0.15, 0.2) is 36.7 Å². The van der Waals surface area contributed by atoms with Gasteiger partial charge in [0.05, 0.1) is 25.2 Å². The molecule has 2 aromatic rings. The number of hydrogen-bond donors (Lipinski definition) is 1. The van der Waals surface area contributed by atoms with Crippen LogP contribution in [0.3, 0.4) is 0 Å². The number of methoxy groups -OCH3 is 1. The van der Waals surface area contributed by atoms with Crippen LogP contribution in [0.25, 0.3) is 0 Å². The SMILES string of the molecule is COc1ccc([C@@H](C)N[C@H]2CCS(=O)(=O)C2)cc1Cn1cccn1. The van der Waals surface area contributed by atoms with Gasteiger partial charge in [-0.05, 0) is 37.1 Å². The molecule has 1 N–H and O–H groups in total. The van der Waals surface area contributed by atoms with Crippen molar-refractivity contribution in [2.45, 2.75) is 32.0 Å². The van der Waals surface area contributed by atoms with E-state index in [-0.39, 0.29) is 23.6 Å². The number of sulfone groups is 1. The molecule has 3 rings (SSSR count). The second-order valence-electron chi connectivity index (χ2n) is 6.26. The molecule has 0 unspecified atom stereocenters. The van der Waals surface area contributed by atoms with E-state index >= 15 is 0 Å². The van der Waals surface area contributed by atoms with Crippen molar-refractivity contribution in [3.8, 4) is 5.75 Å². The molecule has 130 valence electrons. The number of nitrogens with one attached hydrogen (secondary N) is 1. The Hall–Kier alpha value is -1.86. The van der Waals surface area contributed by atoms with E-state index in [1.54, 1.807) is 13.3 Å². The number of ether oxygens (including phenoxy) is 1. The van der Waals surface area contributed by atoms with E-state index in [1.165, 1.54) is 0 Å². The lowest BCUT2D eigenvalue weighted by Gasteiger charge is -2.20. The smallest absolute Gasteiger partial charge is 0.151 e. The molecular weight excluding hydrogens is 326 g/mol. The van der Waals surface area contributed by atoms with Crippen molar-refractivity contribution in [2.24, 2.45) is 0 Å². The van der Waals surface area contributed by atoms with Crippen LogP contribution < -0.4 is 10.1 Å². The van der Waals surface area contributed by atoms with Crippen LogP contribution in [0.4, 0.5) is 0 Å². The predicted octanol–water partition coefficient (Wildman–Crippen LogP) is 1.78. The van der Waals surface area contributed by atoms with Crippen LogP contribution in [-0.2, 0) is 16.4 Å². The van der Waals surface area contributed by atoms with Gasteiger partial charge in [0.1, 0.15) is 5.75 Å². The molecule has 24 heavy (non-hydrogen) atoms. The first-order valence-electron chi connectivity index (χ1n) is 8.07. The van der Waals surface area contributed by atoms with Crippen LogP contribution in [0.2, 0.25) is 0 Å². The van der Waals surface area contributed by atoms with Crippen molar-refractivity contribution >= 4 is 9.84 Å². The Morgan fingerprint density at radius 2 is 2.29 bits per heavy atom. The molecule has 1 aliphatic rings. The molecule has 1 saturated heterocycles. The summed E-state index contributed by atoms with van der Waals surface area (Å²) in [6, 6.07) is 8.07. The molecule has 2 heterocycles. The van der Waals surface area contributed by atoms with Gasteiger partial charge in [0, 0.05) is 30.0 Å². The lowest BCUT2D eigenvalue weighted by molar-refractivity contribution is 0.406. The predicted molar refractivity (Wildman–Crippen MR) is 92.9 cm³/mol. The number of nitrogens with zero attached hydrogens (tertiary/aromatic N) is 2. The maximum Gasteiger partial charge on any atom is 0.151 e. The van der Waals surface area contributed by atoms with Crippen molar-refractivity contribution < 1.29 is 13.2 Å². The summed E-state index contributed by atoms with van der Waals surface area (Å²) in [4.78, 5) is 0. The van der Waals surface area contributed by atoms with E-state index in [9.17, 15) is 8.42 Å². The highest BCUT2D eigenvalue weighted by Crippen LogP contribution is 2.25. The highest BCUT2D eigenvalue weighted by molar-refractivity contribution is 7.91. The van der Waals surface area contributed by atoms with Crippen molar-refractivity contribution in [2.75, 3.05) is 18.6 Å². The molecule has 2 atom stereocenters. The highest BCUT2D eigenvalue weighted by Gasteiger charge is 2.28. The Morgan fingerprint density at radius 3 is 2.92 bits per heavy atom. The monoisotopic (exact) mass is 349 g/mol. The number of benzene rings is 1. The minimum atomic E-state index is -2.87. The van der Waals surface area contributed by atoms with Gasteiger partial charge in [0.15, 0.2) is 9.84 Å². The first-order chi connectivity index (χ1) is 11.5. The maximum atomic E-state index is 11.6. The minimum absolute atomic E-state index is 0.0293. The number of rotatable bonds is 6. The Bertz CT molecular complexity index is 787. The molecule has 0 aliphatic carbocycles. The Balaban J connectivity index is 1.75. The fourth-order valence-electron chi connectivity index (χ4n) is 3.14. The summed E-state index contributed by atoms with van der Waals surface area (Å²) < 4.78 is 30.5. The van der Waals surface area contributed by atoms with Crippen molar-refractivity contribution in [1.82, 2.24) is 15.1 Å². The molecule has 6 nitrogen and oxygen atoms in total. The largest absolute Gasteiger partial charge is 0.496 e. The second kappa shape index (κ2) is 6.94. The zero-order valence-electron chi connectivity index (χ0n) is 14.0. The number of hydrogen-bond acceptors (Lipinski definition) is 5. The van der Waals surface area contributed by atoms with Gasteiger partial charge in [-0.15, -0.1) is 0 Å². The van der Waals surface area contributed by atoms with Gasteiger partial charge < -0.3 is 10.1 Å². The van der Waals surface area contributed by atoms with Crippen LogP contribution in [0.5, 0.6) is 5.75 Å². The quantitative estimate of drug-likeness (QED) is 0.860. The van der Waals surface area contributed by atoms with E-state index in [1.807, 2.05) is 29.1 Å². The Morgan fingerprint density at radius 1 is 1.46 bits per heavy atom. The molecule has 7 heteroatoms. The summed E-state index contributed by atoms with van der Waals surface area (Å²) in [5.74, 6) is 1.34. The lowest BCUT2D eigenvalue weighted by atomic mass is 10.0. The normalized spacial score (nSPS) is 20.8. The molecule has 1 fully saturated rings. The molecule has 1 aromatic carbocycles. The van der Waals surface area contributed by atoms with Crippen LogP contribution in [-0.4, -0.2) is 42.9 Å². The standard InChI is InChI=1S/C17H23N3O3S/c1-13(19-16-6-9-24(21,22)12-16)14-4-5-17(23-2)15(10-14)11-20-8-3-7-18-20/h3-5,7-8,10,13,16,19H,6,9,11-12H2,1-2H3/t13-,16+/m1/s1. The third-order valence-electron chi connectivity index (χ3n) is 4.41. The van der Waals surface area contributed by atoms with Gasteiger partial charge in [0.2, 0.25) is 0 Å². The fraction of sp³-hybridized carbons (Fsp3) is 0.471. The maximum absolute atomic E-state index is 11.6. The third kappa shape index (κ3) is 3.96. The van der Waals surface area contributed by atoms with Gasteiger partial charge in [0.25, 0.3) is 0 Å². The third-order valence-corrected chi connectivity index (χ3v) is 6.18. The van der Waals surface area contributed by atoms with E-state index in [0.717, 1.165) is 16.9 Å². The van der Waals surface area contributed by atoms with Crippen LogP contribution in [0, 0.1) is 0 Å². The Labute approximate surface area is 142 Å². The summed E-state index contributed by atoms with van der Waals surface area (Å²) in [7, 11) is -1.21. The van der Waals surface area contributed by atoms with Gasteiger partial charge in [-0.1, -0.05) is 6.07 Å². The van der Waals surface area contributed by atoms with Gasteiger partial charge in [-0.3, -0.25) is 4.68 Å². The average molecular weight is 349 g/mol. The van der Waals surface area contributed by atoms with E-state index < -0.39 is 9.84 Å². The van der Waals surface area contributed by atoms with E-state index in [0.29, 0.717) is 13.0 Å². The molecule has 1 aliphatic heterocycles. The Kier molecular flexibility index (Phi) is 4.91. The van der Waals surface area contributed by atoms with Gasteiger partial charge in [-0.2, -0.15) is 5.10 Å². The topological polar surface area (TPSA) is 73.2 Å². The average Bonchev–Trinajstić information content (AvgIpc) is 3.16. The lowest BCUT2D eigenvalue weighted by Crippen LogP contribution is -2.32. The molecule has 1 aromatic heterocycles. The molecule has 0 bridgehead atoms.